The Balaban J connectivity index is 1.42. The number of likely N-dealkylation sites (tertiary alicyclic amines) is 1. The highest BCUT2D eigenvalue weighted by molar-refractivity contribution is 7.98. The molecule has 0 radical (unpaired) electrons. The van der Waals surface area contributed by atoms with Crippen molar-refractivity contribution in [3.05, 3.63) is 64.1 Å². The summed E-state index contributed by atoms with van der Waals surface area (Å²) < 4.78 is 1.85. The van der Waals surface area contributed by atoms with Crippen LogP contribution >= 0.6 is 11.8 Å². The molecule has 2 N–H and O–H groups in total. The number of aromatic nitrogens is 1. The molecule has 0 spiro atoms. The Bertz CT molecular complexity index is 1050. The number of aryl methyl sites for hydroxylation is 1. The van der Waals surface area contributed by atoms with Gasteiger partial charge in [0.05, 0.1) is 0 Å². The van der Waals surface area contributed by atoms with Crippen LogP contribution in [-0.2, 0) is 17.8 Å². The molecule has 7 nitrogen and oxygen atoms in total. The number of hydrogen-bond acceptors (Lipinski definition) is 4. The summed E-state index contributed by atoms with van der Waals surface area (Å²) in [5.74, 6) is 0.968. The van der Waals surface area contributed by atoms with Gasteiger partial charge in [0.25, 0.3) is 5.56 Å². The summed E-state index contributed by atoms with van der Waals surface area (Å²) in [5.41, 5.74) is 2.97. The molecule has 0 unspecified atom stereocenters. The molecule has 3 atom stereocenters. The molecule has 0 aliphatic carbocycles. The van der Waals surface area contributed by atoms with Gasteiger partial charge in [0.1, 0.15) is 6.04 Å². The van der Waals surface area contributed by atoms with E-state index in [4.69, 9.17) is 0 Å². The molecule has 176 valence electrons. The maximum atomic E-state index is 13.2. The third kappa shape index (κ3) is 5.43. The molecular formula is C25H32N4O3S. The smallest absolute Gasteiger partial charge is 0.318 e. The maximum Gasteiger partial charge on any atom is 0.318 e. The summed E-state index contributed by atoms with van der Waals surface area (Å²) in [4.78, 5) is 40.2. The van der Waals surface area contributed by atoms with Crippen molar-refractivity contribution in [3.63, 3.8) is 0 Å². The third-order valence-corrected chi connectivity index (χ3v) is 7.27. The van der Waals surface area contributed by atoms with Crippen molar-refractivity contribution in [1.82, 2.24) is 14.8 Å². The number of piperidine rings is 1. The number of hydrogen-bond donors (Lipinski definition) is 2. The summed E-state index contributed by atoms with van der Waals surface area (Å²) in [7, 11) is 0. The van der Waals surface area contributed by atoms with Gasteiger partial charge in [-0.1, -0.05) is 25.1 Å². The Morgan fingerprint density at radius 3 is 2.64 bits per heavy atom. The van der Waals surface area contributed by atoms with Crippen molar-refractivity contribution >= 4 is 29.4 Å². The molecule has 1 fully saturated rings. The maximum absolute atomic E-state index is 13.2. The Hall–Kier alpha value is -2.74. The van der Waals surface area contributed by atoms with E-state index in [0.717, 1.165) is 30.0 Å². The predicted octanol–water partition coefficient (Wildman–Crippen LogP) is 3.30. The Morgan fingerprint density at radius 1 is 1.12 bits per heavy atom. The summed E-state index contributed by atoms with van der Waals surface area (Å²) in [5, 5.41) is 5.93. The highest BCUT2D eigenvalue weighted by Crippen LogP contribution is 2.34. The molecule has 33 heavy (non-hydrogen) atoms. The number of nitrogens with zero attached hydrogens (tertiary/aromatic N) is 2. The molecule has 3 heterocycles. The van der Waals surface area contributed by atoms with Gasteiger partial charge in [-0.3, -0.25) is 9.59 Å². The number of urea groups is 1. The number of fused-ring (bicyclic) bond motifs is 4. The number of benzene rings is 1. The quantitative estimate of drug-likeness (QED) is 0.653. The van der Waals surface area contributed by atoms with E-state index in [9.17, 15) is 14.4 Å². The summed E-state index contributed by atoms with van der Waals surface area (Å²) in [6.07, 6.45) is 4.48. The van der Waals surface area contributed by atoms with E-state index < -0.39 is 6.04 Å². The van der Waals surface area contributed by atoms with Crippen molar-refractivity contribution in [1.29, 1.82) is 0 Å². The Labute approximate surface area is 198 Å². The molecule has 2 aromatic rings. The zero-order valence-electron chi connectivity index (χ0n) is 19.3. The minimum Gasteiger partial charge on any atom is -0.326 e. The number of thioether (sulfide) groups is 1. The van der Waals surface area contributed by atoms with Gasteiger partial charge < -0.3 is 20.1 Å². The molecule has 8 heteroatoms. The number of carbonyl (C=O) groups is 2. The van der Waals surface area contributed by atoms with Gasteiger partial charge in [-0.05, 0) is 61.0 Å². The molecular weight excluding hydrogens is 436 g/mol. The first-order valence-electron chi connectivity index (χ1n) is 11.6. The van der Waals surface area contributed by atoms with Gasteiger partial charge in [-0.25, -0.2) is 4.79 Å². The van der Waals surface area contributed by atoms with E-state index >= 15 is 0 Å². The molecule has 2 bridgehead atoms. The van der Waals surface area contributed by atoms with Crippen LogP contribution in [-0.4, -0.2) is 52.5 Å². The van der Waals surface area contributed by atoms with Crippen LogP contribution in [0.15, 0.2) is 47.3 Å². The number of pyridine rings is 1. The van der Waals surface area contributed by atoms with Crippen LogP contribution in [0.25, 0.3) is 0 Å². The number of nitrogens with one attached hydrogen (secondary N) is 2. The van der Waals surface area contributed by atoms with Crippen molar-refractivity contribution < 1.29 is 9.59 Å². The molecule has 2 aliphatic heterocycles. The third-order valence-electron chi connectivity index (χ3n) is 6.62. The van der Waals surface area contributed by atoms with E-state index in [-0.39, 0.29) is 29.3 Å². The lowest BCUT2D eigenvalue weighted by atomic mass is 9.83. The number of amides is 3. The normalized spacial score (nSPS) is 20.0. The van der Waals surface area contributed by atoms with Crippen LogP contribution in [0.2, 0.25) is 0 Å². The predicted molar refractivity (Wildman–Crippen MR) is 133 cm³/mol. The average Bonchev–Trinajstić information content (AvgIpc) is 2.82. The van der Waals surface area contributed by atoms with Crippen molar-refractivity contribution in [2.24, 2.45) is 5.92 Å². The van der Waals surface area contributed by atoms with Gasteiger partial charge in [0.15, 0.2) is 0 Å². The van der Waals surface area contributed by atoms with Crippen molar-refractivity contribution in [3.8, 4) is 0 Å². The lowest BCUT2D eigenvalue weighted by Gasteiger charge is -2.43. The van der Waals surface area contributed by atoms with Gasteiger partial charge in [-0.2, -0.15) is 11.8 Å². The Kier molecular flexibility index (Phi) is 7.42. The first-order chi connectivity index (χ1) is 16.0. The van der Waals surface area contributed by atoms with Crippen molar-refractivity contribution in [2.45, 2.75) is 44.7 Å². The second-order valence-corrected chi connectivity index (χ2v) is 9.91. The van der Waals surface area contributed by atoms with Crippen LogP contribution in [0, 0.1) is 5.92 Å². The molecule has 1 aromatic carbocycles. The first kappa shape index (κ1) is 23.4. The summed E-state index contributed by atoms with van der Waals surface area (Å²) >= 11 is 1.65. The summed E-state index contributed by atoms with van der Waals surface area (Å²) in [6, 6.07) is 12.4. The standard InChI is InChI=1S/C25H32N4O3S/c1-3-17-7-9-20(10-8-17)26-24(31)21(11-12-33-2)27-25(32)28-14-18-13-19(16-28)22-5-4-6-23(30)29(22)15-18/h4-10,18-19,21H,3,11-16H2,1-2H3,(H,26,31)(H,27,32)/t18-,19-,21-/m0/s1. The minimum absolute atomic E-state index is 0.0286. The zero-order valence-corrected chi connectivity index (χ0v) is 20.1. The molecule has 4 rings (SSSR count). The lowest BCUT2D eigenvalue weighted by Crippen LogP contribution is -2.55. The fraction of sp³-hybridized carbons (Fsp3) is 0.480. The minimum atomic E-state index is -0.604. The van der Waals surface area contributed by atoms with Gasteiger partial charge in [-0.15, -0.1) is 0 Å². The van der Waals surface area contributed by atoms with Gasteiger partial charge in [0, 0.05) is 43.0 Å². The van der Waals surface area contributed by atoms with Crippen LogP contribution in [0.5, 0.6) is 0 Å². The van der Waals surface area contributed by atoms with E-state index in [1.54, 1.807) is 23.9 Å². The van der Waals surface area contributed by atoms with Crippen LogP contribution < -0.4 is 16.2 Å². The molecule has 3 amide bonds. The fourth-order valence-corrected chi connectivity index (χ4v) is 5.33. The second-order valence-electron chi connectivity index (χ2n) is 8.93. The number of anilines is 1. The first-order valence-corrected chi connectivity index (χ1v) is 13.0. The van der Waals surface area contributed by atoms with E-state index in [2.05, 4.69) is 17.6 Å². The van der Waals surface area contributed by atoms with E-state index in [1.807, 2.05) is 46.1 Å². The summed E-state index contributed by atoms with van der Waals surface area (Å²) in [6.45, 7) is 3.88. The Morgan fingerprint density at radius 2 is 1.91 bits per heavy atom. The second kappa shape index (κ2) is 10.5. The average molecular weight is 469 g/mol. The van der Waals surface area contributed by atoms with E-state index in [0.29, 0.717) is 26.1 Å². The van der Waals surface area contributed by atoms with Crippen LogP contribution in [0.4, 0.5) is 10.5 Å². The number of rotatable bonds is 7. The topological polar surface area (TPSA) is 83.4 Å². The van der Waals surface area contributed by atoms with Gasteiger partial charge >= 0.3 is 6.03 Å². The molecule has 1 saturated heterocycles. The van der Waals surface area contributed by atoms with E-state index in [1.165, 1.54) is 5.56 Å². The molecule has 2 aliphatic rings. The fourth-order valence-electron chi connectivity index (χ4n) is 4.86. The highest BCUT2D eigenvalue weighted by atomic mass is 32.2. The SMILES string of the molecule is CCc1ccc(NC(=O)[C@H](CCSC)NC(=O)N2C[C@@H]3C[C@@H](C2)c2cccc(=O)n2C3)cc1. The largest absolute Gasteiger partial charge is 0.326 e. The lowest BCUT2D eigenvalue weighted by molar-refractivity contribution is -0.118. The van der Waals surface area contributed by atoms with Crippen molar-refractivity contribution in [2.75, 3.05) is 30.4 Å². The van der Waals surface area contributed by atoms with Crippen LogP contribution in [0.1, 0.15) is 36.9 Å². The number of carbonyl (C=O) groups excluding carboxylic acids is 2. The molecule has 1 aromatic heterocycles. The monoisotopic (exact) mass is 468 g/mol. The zero-order chi connectivity index (χ0) is 23.4. The van der Waals surface area contributed by atoms with Gasteiger partial charge in [0.2, 0.25) is 5.91 Å². The van der Waals surface area contributed by atoms with Crippen LogP contribution in [0.3, 0.4) is 0 Å². The highest BCUT2D eigenvalue weighted by Gasteiger charge is 2.37. The molecule has 0 saturated carbocycles.